The van der Waals surface area contributed by atoms with Crippen molar-refractivity contribution in [2.24, 2.45) is 5.92 Å². The topological polar surface area (TPSA) is 30.5 Å². The average molecular weight is 358 g/mol. The number of rotatable bonds is 9. The van der Waals surface area contributed by atoms with Crippen LogP contribution < -0.4 is 14.8 Å². The fourth-order valence-electron chi connectivity index (χ4n) is 2.47. The maximum absolute atomic E-state index is 5.55. The summed E-state index contributed by atoms with van der Waals surface area (Å²) in [6.07, 6.45) is 3.26. The van der Waals surface area contributed by atoms with Crippen molar-refractivity contribution in [1.82, 2.24) is 5.32 Å². The van der Waals surface area contributed by atoms with E-state index in [1.54, 1.807) is 14.2 Å². The smallest absolute Gasteiger partial charge is 0.139 e. The highest BCUT2D eigenvalue weighted by Crippen LogP contribution is 2.37. The second-order valence-electron chi connectivity index (χ2n) is 5.62. The first-order valence-corrected chi connectivity index (χ1v) is 8.47. The summed E-state index contributed by atoms with van der Waals surface area (Å²) < 4.78 is 11.8. The molecule has 21 heavy (non-hydrogen) atoms. The molecular formula is C17H28BrNO2. The Morgan fingerprint density at radius 2 is 1.90 bits per heavy atom. The fourth-order valence-corrected chi connectivity index (χ4v) is 3.18. The summed E-state index contributed by atoms with van der Waals surface area (Å²) in [4.78, 5) is 0. The number of hydrogen-bond acceptors (Lipinski definition) is 3. The molecule has 1 aromatic carbocycles. The average Bonchev–Trinajstić information content (AvgIpc) is 2.47. The Kier molecular flexibility index (Phi) is 8.12. The van der Waals surface area contributed by atoms with Gasteiger partial charge in [0.2, 0.25) is 0 Å². The minimum atomic E-state index is 0.538. The number of nitrogens with one attached hydrogen (secondary N) is 1. The molecule has 0 amide bonds. The Hall–Kier alpha value is -0.740. The van der Waals surface area contributed by atoms with Crippen LogP contribution in [0.25, 0.3) is 0 Å². The molecule has 1 rings (SSSR count). The summed E-state index contributed by atoms with van der Waals surface area (Å²) in [5.41, 5.74) is 1.22. The Balaban J connectivity index is 2.80. The number of aryl methyl sites for hydroxylation is 1. The number of hydrogen-bond donors (Lipinski definition) is 1. The molecule has 1 N–H and O–H groups in total. The van der Waals surface area contributed by atoms with Crippen LogP contribution in [0.3, 0.4) is 0 Å². The van der Waals surface area contributed by atoms with Gasteiger partial charge in [-0.15, -0.1) is 0 Å². The van der Waals surface area contributed by atoms with Crippen molar-refractivity contribution in [3.8, 4) is 11.5 Å². The van der Waals surface area contributed by atoms with Crippen LogP contribution in [0.2, 0.25) is 0 Å². The van der Waals surface area contributed by atoms with Crippen LogP contribution in [0.1, 0.15) is 39.2 Å². The van der Waals surface area contributed by atoms with E-state index in [0.717, 1.165) is 35.4 Å². The van der Waals surface area contributed by atoms with E-state index in [-0.39, 0.29) is 0 Å². The van der Waals surface area contributed by atoms with E-state index in [0.29, 0.717) is 12.0 Å². The molecule has 0 aliphatic rings. The van der Waals surface area contributed by atoms with E-state index in [1.807, 2.05) is 6.07 Å². The predicted octanol–water partition coefficient (Wildman–Crippen LogP) is 4.42. The van der Waals surface area contributed by atoms with E-state index in [4.69, 9.17) is 9.47 Å². The molecule has 0 saturated heterocycles. The van der Waals surface area contributed by atoms with Gasteiger partial charge in [0, 0.05) is 6.04 Å². The summed E-state index contributed by atoms with van der Waals surface area (Å²) in [6.45, 7) is 7.82. The summed E-state index contributed by atoms with van der Waals surface area (Å²) in [7, 11) is 3.38. The normalized spacial score (nSPS) is 12.5. The van der Waals surface area contributed by atoms with E-state index in [1.165, 1.54) is 12.0 Å². The lowest BCUT2D eigenvalue weighted by Crippen LogP contribution is -2.34. The molecule has 0 saturated carbocycles. The van der Waals surface area contributed by atoms with Crippen LogP contribution in [-0.2, 0) is 6.42 Å². The van der Waals surface area contributed by atoms with Gasteiger partial charge in [0.1, 0.15) is 16.0 Å². The summed E-state index contributed by atoms with van der Waals surface area (Å²) >= 11 is 3.56. The van der Waals surface area contributed by atoms with Gasteiger partial charge in [-0.25, -0.2) is 0 Å². The van der Waals surface area contributed by atoms with Crippen LogP contribution in [0.4, 0.5) is 0 Å². The van der Waals surface area contributed by atoms with E-state index < -0.39 is 0 Å². The lowest BCUT2D eigenvalue weighted by Gasteiger charge is -2.23. The van der Waals surface area contributed by atoms with Gasteiger partial charge in [-0.3, -0.25) is 0 Å². The molecule has 0 aromatic heterocycles. The summed E-state index contributed by atoms with van der Waals surface area (Å²) in [5.74, 6) is 2.32. The Labute approximate surface area is 137 Å². The monoisotopic (exact) mass is 357 g/mol. The van der Waals surface area contributed by atoms with Crippen molar-refractivity contribution in [1.29, 1.82) is 0 Å². The number of ether oxygens (including phenoxy) is 2. The van der Waals surface area contributed by atoms with Gasteiger partial charge >= 0.3 is 0 Å². The van der Waals surface area contributed by atoms with Gasteiger partial charge in [-0.2, -0.15) is 0 Å². The van der Waals surface area contributed by atoms with Gasteiger partial charge in [0.05, 0.1) is 14.2 Å². The van der Waals surface area contributed by atoms with Crippen LogP contribution >= 0.6 is 15.9 Å². The highest BCUT2D eigenvalue weighted by molar-refractivity contribution is 9.10. The van der Waals surface area contributed by atoms with Crippen molar-refractivity contribution in [3.05, 3.63) is 22.2 Å². The molecule has 0 aliphatic carbocycles. The van der Waals surface area contributed by atoms with Gasteiger partial charge in [0.25, 0.3) is 0 Å². The molecule has 0 heterocycles. The molecule has 1 atom stereocenters. The largest absolute Gasteiger partial charge is 0.495 e. The number of halogens is 1. The van der Waals surface area contributed by atoms with Crippen LogP contribution in [-0.4, -0.2) is 26.8 Å². The van der Waals surface area contributed by atoms with Crippen molar-refractivity contribution < 1.29 is 9.47 Å². The molecule has 0 radical (unpaired) electrons. The predicted molar refractivity (Wildman–Crippen MR) is 92.5 cm³/mol. The second-order valence-corrected chi connectivity index (χ2v) is 6.41. The SMILES string of the molecule is CCCNC(CCc1ccc(OC)c(Br)c1OC)C(C)C. The molecule has 4 heteroatoms. The van der Waals surface area contributed by atoms with Crippen LogP contribution in [0, 0.1) is 5.92 Å². The molecule has 0 aliphatic heterocycles. The van der Waals surface area contributed by atoms with Gasteiger partial charge < -0.3 is 14.8 Å². The maximum Gasteiger partial charge on any atom is 0.139 e. The van der Waals surface area contributed by atoms with Crippen LogP contribution in [0.15, 0.2) is 16.6 Å². The molecule has 0 spiro atoms. The third kappa shape index (κ3) is 5.19. The third-order valence-electron chi connectivity index (χ3n) is 3.75. The molecule has 1 aromatic rings. The van der Waals surface area contributed by atoms with Crippen molar-refractivity contribution in [3.63, 3.8) is 0 Å². The molecule has 0 bridgehead atoms. The van der Waals surface area contributed by atoms with E-state index in [9.17, 15) is 0 Å². The van der Waals surface area contributed by atoms with Gasteiger partial charge in [0.15, 0.2) is 0 Å². The lowest BCUT2D eigenvalue weighted by molar-refractivity contribution is 0.368. The van der Waals surface area contributed by atoms with Gasteiger partial charge in [-0.1, -0.05) is 26.8 Å². The standard InChI is InChI=1S/C17H28BrNO2/c1-6-11-19-14(12(2)3)9-7-13-8-10-15(20-4)16(18)17(13)21-5/h8,10,12,14,19H,6-7,9,11H2,1-5H3. The van der Waals surface area contributed by atoms with Gasteiger partial charge in [-0.05, 0) is 59.3 Å². The minimum Gasteiger partial charge on any atom is -0.495 e. The molecule has 1 unspecified atom stereocenters. The molecular weight excluding hydrogens is 330 g/mol. The Morgan fingerprint density at radius 3 is 2.43 bits per heavy atom. The number of methoxy groups -OCH3 is 2. The van der Waals surface area contributed by atoms with Crippen LogP contribution in [0.5, 0.6) is 11.5 Å². The van der Waals surface area contributed by atoms with Crippen molar-refractivity contribution in [2.75, 3.05) is 20.8 Å². The molecule has 120 valence electrons. The first-order valence-electron chi connectivity index (χ1n) is 7.67. The summed E-state index contributed by atoms with van der Waals surface area (Å²) in [6, 6.07) is 4.63. The quantitative estimate of drug-likeness (QED) is 0.709. The fraction of sp³-hybridized carbons (Fsp3) is 0.647. The maximum atomic E-state index is 5.55. The zero-order valence-corrected chi connectivity index (χ0v) is 15.4. The highest BCUT2D eigenvalue weighted by atomic mass is 79.9. The lowest BCUT2D eigenvalue weighted by atomic mass is 9.96. The molecule has 0 fully saturated rings. The highest BCUT2D eigenvalue weighted by Gasteiger charge is 2.16. The van der Waals surface area contributed by atoms with Crippen molar-refractivity contribution >= 4 is 15.9 Å². The number of benzene rings is 1. The zero-order chi connectivity index (χ0) is 15.8. The van der Waals surface area contributed by atoms with Crippen molar-refractivity contribution in [2.45, 2.75) is 46.1 Å². The molecule has 3 nitrogen and oxygen atoms in total. The third-order valence-corrected chi connectivity index (χ3v) is 4.50. The van der Waals surface area contributed by atoms with E-state index >= 15 is 0 Å². The zero-order valence-electron chi connectivity index (χ0n) is 13.8. The van der Waals surface area contributed by atoms with E-state index in [2.05, 4.69) is 48.1 Å². The minimum absolute atomic E-state index is 0.538. The Bertz CT molecular complexity index is 435. The first-order chi connectivity index (χ1) is 10.0. The Morgan fingerprint density at radius 1 is 1.19 bits per heavy atom. The second kappa shape index (κ2) is 9.31. The summed E-state index contributed by atoms with van der Waals surface area (Å²) in [5, 5.41) is 3.64. The first kappa shape index (κ1) is 18.3.